The number of carbonyl (C=O) groups excluding carboxylic acids is 1. The van der Waals surface area contributed by atoms with Crippen LogP contribution in [-0.2, 0) is 0 Å². The number of aryl methyl sites for hydroxylation is 3. The summed E-state index contributed by atoms with van der Waals surface area (Å²) in [7, 11) is 0. The fourth-order valence-electron chi connectivity index (χ4n) is 4.88. The summed E-state index contributed by atoms with van der Waals surface area (Å²) in [6.07, 6.45) is 6.12. The highest BCUT2D eigenvalue weighted by molar-refractivity contribution is 6.02. The Morgan fingerprint density at radius 1 is 1.04 bits per heavy atom. The van der Waals surface area contributed by atoms with Crippen LogP contribution in [0.25, 0.3) is 10.9 Å². The number of nitrogens with zero attached hydrogens (tertiary/aromatic N) is 2. The van der Waals surface area contributed by atoms with Crippen molar-refractivity contribution in [3.8, 4) is 0 Å². The summed E-state index contributed by atoms with van der Waals surface area (Å²) >= 11 is 0. The Labute approximate surface area is 156 Å². The van der Waals surface area contributed by atoms with E-state index in [1.165, 1.54) is 48.9 Å². The molecule has 140 valence electrons. The van der Waals surface area contributed by atoms with Gasteiger partial charge in [-0.15, -0.1) is 0 Å². The van der Waals surface area contributed by atoms with Crippen LogP contribution in [0.3, 0.4) is 0 Å². The van der Waals surface area contributed by atoms with E-state index in [4.69, 9.17) is 0 Å². The Hall–Kier alpha value is -1.81. The van der Waals surface area contributed by atoms with E-state index in [1.807, 2.05) is 0 Å². The van der Waals surface area contributed by atoms with Crippen molar-refractivity contribution in [2.45, 2.75) is 58.9 Å². The molecule has 3 heterocycles. The van der Waals surface area contributed by atoms with Crippen LogP contribution in [0.4, 0.5) is 0 Å². The van der Waals surface area contributed by atoms with Gasteiger partial charge in [0.15, 0.2) is 0 Å². The monoisotopic (exact) mass is 353 g/mol. The number of H-pyrrole nitrogens is 1. The average Bonchev–Trinajstić information content (AvgIpc) is 3.27. The van der Waals surface area contributed by atoms with Gasteiger partial charge in [-0.1, -0.05) is 12.1 Å². The fourth-order valence-corrected chi connectivity index (χ4v) is 4.88. The number of nitrogens with one attached hydrogen (secondary N) is 1. The summed E-state index contributed by atoms with van der Waals surface area (Å²) < 4.78 is 0. The van der Waals surface area contributed by atoms with Crippen LogP contribution in [0, 0.1) is 20.8 Å². The number of aromatic amines is 1. The summed E-state index contributed by atoms with van der Waals surface area (Å²) in [6.45, 7) is 10.7. The molecule has 4 heteroatoms. The van der Waals surface area contributed by atoms with Gasteiger partial charge < -0.3 is 14.8 Å². The lowest BCUT2D eigenvalue weighted by molar-refractivity contribution is 0.0555. The Morgan fingerprint density at radius 2 is 1.73 bits per heavy atom. The van der Waals surface area contributed by atoms with Gasteiger partial charge in [0, 0.05) is 30.0 Å². The molecule has 1 aromatic carbocycles. The lowest BCUT2D eigenvalue weighted by Crippen LogP contribution is -2.49. The number of carbonyl (C=O) groups is 1. The van der Waals surface area contributed by atoms with E-state index in [-0.39, 0.29) is 5.91 Å². The van der Waals surface area contributed by atoms with Gasteiger partial charge in [-0.3, -0.25) is 4.79 Å². The van der Waals surface area contributed by atoms with Crippen molar-refractivity contribution in [1.29, 1.82) is 0 Å². The summed E-state index contributed by atoms with van der Waals surface area (Å²) in [5.74, 6) is 0.196. The number of hydrogen-bond acceptors (Lipinski definition) is 2. The number of benzene rings is 1. The van der Waals surface area contributed by atoms with Crippen molar-refractivity contribution in [3.63, 3.8) is 0 Å². The molecular weight excluding hydrogens is 322 g/mol. The molecular formula is C22H31N3O. The van der Waals surface area contributed by atoms with Gasteiger partial charge in [0.2, 0.25) is 0 Å². The minimum atomic E-state index is 0.196. The summed E-state index contributed by atoms with van der Waals surface area (Å²) in [5, 5.41) is 1.22. The molecule has 0 radical (unpaired) electrons. The molecule has 0 unspecified atom stereocenters. The number of fused-ring (bicyclic) bond motifs is 1. The standard InChI is InChI=1S/C22H31N3O/c1-15-9-10-16(2)20-19(15)17(3)21(23-20)22(26)25-13-5-4-8-18(25)14-24-11-6-7-12-24/h9-10,18,23H,4-8,11-14H2,1-3H3/t18-/m0/s1. The second kappa shape index (κ2) is 7.07. The zero-order chi connectivity index (χ0) is 18.3. The van der Waals surface area contributed by atoms with Gasteiger partial charge >= 0.3 is 0 Å². The third-order valence-corrected chi connectivity index (χ3v) is 6.39. The van der Waals surface area contributed by atoms with Crippen molar-refractivity contribution in [1.82, 2.24) is 14.8 Å². The molecule has 1 atom stereocenters. The molecule has 1 N–H and O–H groups in total. The third-order valence-electron chi connectivity index (χ3n) is 6.39. The molecule has 4 nitrogen and oxygen atoms in total. The maximum Gasteiger partial charge on any atom is 0.270 e. The summed E-state index contributed by atoms with van der Waals surface area (Å²) in [5.41, 5.74) is 5.48. The highest BCUT2D eigenvalue weighted by Gasteiger charge is 2.31. The molecule has 26 heavy (non-hydrogen) atoms. The maximum atomic E-state index is 13.5. The normalized spacial score (nSPS) is 21.7. The first-order valence-electron chi connectivity index (χ1n) is 10.2. The van der Waals surface area contributed by atoms with E-state index < -0.39 is 0 Å². The van der Waals surface area contributed by atoms with Crippen LogP contribution < -0.4 is 0 Å². The first-order chi connectivity index (χ1) is 12.6. The second-order valence-corrected chi connectivity index (χ2v) is 8.23. The molecule has 2 fully saturated rings. The smallest absolute Gasteiger partial charge is 0.270 e. The topological polar surface area (TPSA) is 39.3 Å². The molecule has 0 aliphatic carbocycles. The number of hydrogen-bond donors (Lipinski definition) is 1. The van der Waals surface area contributed by atoms with Crippen molar-refractivity contribution < 1.29 is 4.79 Å². The van der Waals surface area contributed by atoms with Crippen LogP contribution in [0.1, 0.15) is 59.3 Å². The minimum absolute atomic E-state index is 0.196. The SMILES string of the molecule is Cc1ccc(C)c2c(C)c(C(=O)N3CCCC[C@H]3CN3CCCC3)[nH]c12. The Bertz CT molecular complexity index is 816. The van der Waals surface area contributed by atoms with Crippen molar-refractivity contribution >= 4 is 16.8 Å². The number of likely N-dealkylation sites (tertiary alicyclic amines) is 2. The van der Waals surface area contributed by atoms with E-state index in [2.05, 4.69) is 47.7 Å². The lowest BCUT2D eigenvalue weighted by atomic mass is 10.00. The van der Waals surface area contributed by atoms with E-state index in [0.717, 1.165) is 42.7 Å². The molecule has 2 aromatic rings. The zero-order valence-electron chi connectivity index (χ0n) is 16.4. The Balaban J connectivity index is 1.65. The zero-order valence-corrected chi connectivity index (χ0v) is 16.4. The second-order valence-electron chi connectivity index (χ2n) is 8.23. The molecule has 1 aromatic heterocycles. The van der Waals surface area contributed by atoms with E-state index in [9.17, 15) is 4.79 Å². The van der Waals surface area contributed by atoms with Crippen molar-refractivity contribution in [2.75, 3.05) is 26.2 Å². The van der Waals surface area contributed by atoms with Crippen LogP contribution >= 0.6 is 0 Å². The van der Waals surface area contributed by atoms with Crippen molar-refractivity contribution in [3.05, 3.63) is 34.5 Å². The van der Waals surface area contributed by atoms with Crippen molar-refractivity contribution in [2.24, 2.45) is 0 Å². The molecule has 2 aliphatic heterocycles. The molecule has 0 saturated carbocycles. The van der Waals surface area contributed by atoms with Crippen LogP contribution in [0.15, 0.2) is 12.1 Å². The highest BCUT2D eigenvalue weighted by Crippen LogP contribution is 2.30. The lowest BCUT2D eigenvalue weighted by Gasteiger charge is -2.37. The summed E-state index contributed by atoms with van der Waals surface area (Å²) in [6, 6.07) is 4.66. The van der Waals surface area contributed by atoms with Gasteiger partial charge in [0.05, 0.1) is 0 Å². The van der Waals surface area contributed by atoms with Crippen LogP contribution in [-0.4, -0.2) is 52.9 Å². The highest BCUT2D eigenvalue weighted by atomic mass is 16.2. The maximum absolute atomic E-state index is 13.5. The predicted octanol–water partition coefficient (Wildman–Crippen LogP) is 4.18. The molecule has 2 aliphatic rings. The van der Waals surface area contributed by atoms with Gasteiger partial charge in [0.1, 0.15) is 5.69 Å². The average molecular weight is 354 g/mol. The van der Waals surface area contributed by atoms with Gasteiger partial charge in [-0.05, 0) is 82.7 Å². The summed E-state index contributed by atoms with van der Waals surface area (Å²) in [4.78, 5) is 21.7. The van der Waals surface area contributed by atoms with E-state index in [1.54, 1.807) is 0 Å². The number of aromatic nitrogens is 1. The largest absolute Gasteiger partial charge is 0.350 e. The molecule has 2 saturated heterocycles. The molecule has 0 spiro atoms. The van der Waals surface area contributed by atoms with Gasteiger partial charge in [0.25, 0.3) is 5.91 Å². The van der Waals surface area contributed by atoms with E-state index >= 15 is 0 Å². The fraction of sp³-hybridized carbons (Fsp3) is 0.591. The minimum Gasteiger partial charge on any atom is -0.350 e. The predicted molar refractivity (Wildman–Crippen MR) is 107 cm³/mol. The number of piperidine rings is 1. The van der Waals surface area contributed by atoms with E-state index in [0.29, 0.717) is 6.04 Å². The van der Waals surface area contributed by atoms with Gasteiger partial charge in [-0.25, -0.2) is 0 Å². The number of amides is 1. The third kappa shape index (κ3) is 3.05. The Kier molecular flexibility index (Phi) is 4.78. The van der Waals surface area contributed by atoms with Crippen LogP contribution in [0.5, 0.6) is 0 Å². The Morgan fingerprint density at radius 3 is 2.46 bits per heavy atom. The number of rotatable bonds is 3. The molecule has 4 rings (SSSR count). The quantitative estimate of drug-likeness (QED) is 0.899. The molecule has 0 bridgehead atoms. The first kappa shape index (κ1) is 17.6. The van der Waals surface area contributed by atoms with Gasteiger partial charge in [-0.2, -0.15) is 0 Å². The molecule has 1 amide bonds. The first-order valence-corrected chi connectivity index (χ1v) is 10.2. The van der Waals surface area contributed by atoms with Crippen LogP contribution in [0.2, 0.25) is 0 Å².